The van der Waals surface area contributed by atoms with Crippen LogP contribution in [0, 0.1) is 11.3 Å². The molecule has 0 bridgehead atoms. The normalized spacial score (nSPS) is 15.5. The van der Waals surface area contributed by atoms with Gasteiger partial charge in [-0.2, -0.15) is 5.26 Å². The third-order valence-electron chi connectivity index (χ3n) is 3.27. The molecule has 0 radical (unpaired) electrons. The smallest absolute Gasteiger partial charge is 0.239 e. The molecule has 1 heterocycles. The van der Waals surface area contributed by atoms with E-state index in [0.29, 0.717) is 12.0 Å². The number of nitriles is 1. The number of likely N-dealkylation sites (tertiary alicyclic amines) is 1. The van der Waals surface area contributed by atoms with Gasteiger partial charge < -0.3 is 10.6 Å². The minimum Gasteiger partial charge on any atom is -0.341 e. The molecule has 4 nitrogen and oxygen atoms in total. The molecule has 1 aliphatic heterocycles. The van der Waals surface area contributed by atoms with Crippen LogP contribution in [0.5, 0.6) is 0 Å². The van der Waals surface area contributed by atoms with Crippen molar-refractivity contribution >= 4 is 18.3 Å². The summed E-state index contributed by atoms with van der Waals surface area (Å²) in [5.41, 5.74) is 7.56. The highest BCUT2D eigenvalue weighted by molar-refractivity contribution is 5.85. The summed E-state index contributed by atoms with van der Waals surface area (Å²) in [7, 11) is 0. The van der Waals surface area contributed by atoms with Gasteiger partial charge in [-0.1, -0.05) is 12.1 Å². The van der Waals surface area contributed by atoms with E-state index in [0.717, 1.165) is 31.5 Å². The van der Waals surface area contributed by atoms with Gasteiger partial charge in [0.25, 0.3) is 0 Å². The van der Waals surface area contributed by atoms with Crippen LogP contribution in [0.15, 0.2) is 24.3 Å². The van der Waals surface area contributed by atoms with Gasteiger partial charge in [0.05, 0.1) is 17.7 Å². The number of nitrogens with zero attached hydrogens (tertiary/aromatic N) is 2. The Morgan fingerprint density at radius 3 is 2.42 bits per heavy atom. The third-order valence-corrected chi connectivity index (χ3v) is 3.27. The maximum atomic E-state index is 12.0. The lowest BCUT2D eigenvalue weighted by molar-refractivity contribution is -0.131. The summed E-state index contributed by atoms with van der Waals surface area (Å²) in [4.78, 5) is 13.9. The summed E-state index contributed by atoms with van der Waals surface area (Å²) in [5.74, 6) is 0.0388. The average Bonchev–Trinajstić information content (AvgIpc) is 2.92. The van der Waals surface area contributed by atoms with Crippen LogP contribution in [0.2, 0.25) is 0 Å². The molecule has 1 aromatic carbocycles. The van der Waals surface area contributed by atoms with Crippen LogP contribution < -0.4 is 5.73 Å². The van der Waals surface area contributed by atoms with E-state index >= 15 is 0 Å². The van der Waals surface area contributed by atoms with Gasteiger partial charge in [0.2, 0.25) is 5.91 Å². The van der Waals surface area contributed by atoms with Crippen molar-refractivity contribution in [3.63, 3.8) is 0 Å². The van der Waals surface area contributed by atoms with Gasteiger partial charge in [-0.05, 0) is 37.0 Å². The monoisotopic (exact) mass is 279 g/mol. The second kappa shape index (κ2) is 7.13. The Balaban J connectivity index is 0.00000180. The van der Waals surface area contributed by atoms with E-state index in [1.807, 2.05) is 17.0 Å². The summed E-state index contributed by atoms with van der Waals surface area (Å²) < 4.78 is 0. The van der Waals surface area contributed by atoms with Gasteiger partial charge in [0.15, 0.2) is 0 Å². The quantitative estimate of drug-likeness (QED) is 0.911. The van der Waals surface area contributed by atoms with Crippen LogP contribution in [0.1, 0.15) is 24.0 Å². The van der Waals surface area contributed by atoms with Gasteiger partial charge in [-0.3, -0.25) is 4.79 Å². The lowest BCUT2D eigenvalue weighted by Crippen LogP contribution is -2.43. The maximum Gasteiger partial charge on any atom is 0.239 e. The van der Waals surface area contributed by atoms with E-state index in [2.05, 4.69) is 6.07 Å². The van der Waals surface area contributed by atoms with Crippen molar-refractivity contribution in [2.24, 2.45) is 5.73 Å². The first-order chi connectivity index (χ1) is 8.70. The molecule has 2 N–H and O–H groups in total. The molecule has 0 spiro atoms. The molecule has 0 aliphatic carbocycles. The number of amides is 1. The van der Waals surface area contributed by atoms with Crippen molar-refractivity contribution in [1.82, 2.24) is 4.90 Å². The molecule has 5 heteroatoms. The lowest BCUT2D eigenvalue weighted by atomic mass is 10.0. The molecule has 1 fully saturated rings. The van der Waals surface area contributed by atoms with Crippen molar-refractivity contribution in [2.45, 2.75) is 25.3 Å². The van der Waals surface area contributed by atoms with Crippen LogP contribution in [0.4, 0.5) is 0 Å². The Bertz CT molecular complexity index is 461. The van der Waals surface area contributed by atoms with Gasteiger partial charge in [0.1, 0.15) is 0 Å². The standard InChI is InChI=1S/C14H17N3O.ClH/c15-10-12-5-3-11(4-6-12)9-13(16)14(18)17-7-1-2-8-17;/h3-6,13H,1-2,7-9,16H2;1H. The minimum absolute atomic E-state index is 0. The predicted octanol–water partition coefficient (Wildman–Crippen LogP) is 1.47. The highest BCUT2D eigenvalue weighted by Gasteiger charge is 2.23. The van der Waals surface area contributed by atoms with Crippen molar-refractivity contribution in [1.29, 1.82) is 5.26 Å². The maximum absolute atomic E-state index is 12.0. The van der Waals surface area contributed by atoms with Gasteiger partial charge in [0, 0.05) is 13.1 Å². The molecule has 19 heavy (non-hydrogen) atoms. The fourth-order valence-electron chi connectivity index (χ4n) is 2.23. The second-order valence-electron chi connectivity index (χ2n) is 4.65. The zero-order valence-corrected chi connectivity index (χ0v) is 11.5. The summed E-state index contributed by atoms with van der Waals surface area (Å²) in [6, 6.07) is 8.81. The van der Waals surface area contributed by atoms with Crippen LogP contribution >= 0.6 is 12.4 Å². The molecular weight excluding hydrogens is 262 g/mol. The molecule has 1 unspecified atom stereocenters. The fraction of sp³-hybridized carbons (Fsp3) is 0.429. The van der Waals surface area contributed by atoms with Crippen molar-refractivity contribution in [3.8, 4) is 6.07 Å². The zero-order valence-electron chi connectivity index (χ0n) is 10.7. The second-order valence-corrected chi connectivity index (χ2v) is 4.65. The van der Waals surface area contributed by atoms with E-state index in [1.165, 1.54) is 0 Å². The number of halogens is 1. The number of hydrogen-bond donors (Lipinski definition) is 1. The van der Waals surface area contributed by atoms with Crippen LogP contribution in [-0.4, -0.2) is 29.9 Å². The average molecular weight is 280 g/mol. The molecule has 1 aliphatic rings. The molecule has 0 saturated carbocycles. The number of rotatable bonds is 3. The van der Waals surface area contributed by atoms with Crippen LogP contribution in [0.3, 0.4) is 0 Å². The summed E-state index contributed by atoms with van der Waals surface area (Å²) in [5, 5.41) is 8.71. The predicted molar refractivity (Wildman–Crippen MR) is 75.9 cm³/mol. The number of carbonyl (C=O) groups excluding carboxylic acids is 1. The lowest BCUT2D eigenvalue weighted by Gasteiger charge is -2.20. The molecular formula is C14H18ClN3O. The summed E-state index contributed by atoms with van der Waals surface area (Å²) in [6.45, 7) is 1.67. The van der Waals surface area contributed by atoms with E-state index in [4.69, 9.17) is 11.0 Å². The molecule has 1 saturated heterocycles. The molecule has 0 aromatic heterocycles. The van der Waals surface area contributed by atoms with Crippen molar-refractivity contribution in [2.75, 3.05) is 13.1 Å². The Labute approximate surface area is 119 Å². The van der Waals surface area contributed by atoms with E-state index in [-0.39, 0.29) is 18.3 Å². The van der Waals surface area contributed by atoms with Crippen molar-refractivity contribution < 1.29 is 4.79 Å². The molecule has 1 amide bonds. The van der Waals surface area contributed by atoms with Crippen molar-refractivity contribution in [3.05, 3.63) is 35.4 Å². The number of hydrogen-bond acceptors (Lipinski definition) is 3. The Hall–Kier alpha value is -1.57. The number of benzene rings is 1. The topological polar surface area (TPSA) is 70.1 Å². The highest BCUT2D eigenvalue weighted by atomic mass is 35.5. The first-order valence-electron chi connectivity index (χ1n) is 6.24. The van der Waals surface area contributed by atoms with E-state index in [9.17, 15) is 4.79 Å². The first-order valence-corrected chi connectivity index (χ1v) is 6.24. The molecule has 102 valence electrons. The fourth-order valence-corrected chi connectivity index (χ4v) is 2.23. The minimum atomic E-state index is -0.476. The summed E-state index contributed by atoms with van der Waals surface area (Å²) in [6.07, 6.45) is 2.69. The Morgan fingerprint density at radius 2 is 1.89 bits per heavy atom. The number of carbonyl (C=O) groups is 1. The van der Waals surface area contributed by atoms with Gasteiger partial charge >= 0.3 is 0 Å². The Kier molecular flexibility index (Phi) is 5.81. The zero-order chi connectivity index (χ0) is 13.0. The third kappa shape index (κ3) is 3.95. The van der Waals surface area contributed by atoms with Crippen LogP contribution in [0.25, 0.3) is 0 Å². The molecule has 1 atom stereocenters. The van der Waals surface area contributed by atoms with E-state index in [1.54, 1.807) is 12.1 Å². The van der Waals surface area contributed by atoms with Gasteiger partial charge in [-0.25, -0.2) is 0 Å². The Morgan fingerprint density at radius 1 is 1.32 bits per heavy atom. The summed E-state index contributed by atoms with van der Waals surface area (Å²) >= 11 is 0. The van der Waals surface area contributed by atoms with Gasteiger partial charge in [-0.15, -0.1) is 12.4 Å². The van der Waals surface area contributed by atoms with E-state index < -0.39 is 6.04 Å². The highest BCUT2D eigenvalue weighted by Crippen LogP contribution is 2.11. The van der Waals surface area contributed by atoms with Crippen LogP contribution in [-0.2, 0) is 11.2 Å². The largest absolute Gasteiger partial charge is 0.341 e. The number of nitrogens with two attached hydrogens (primary N) is 1. The molecule has 2 rings (SSSR count). The first kappa shape index (κ1) is 15.5. The molecule has 1 aromatic rings. The SMILES string of the molecule is Cl.N#Cc1ccc(CC(N)C(=O)N2CCCC2)cc1.